The van der Waals surface area contributed by atoms with E-state index < -0.39 is 17.1 Å². The summed E-state index contributed by atoms with van der Waals surface area (Å²) in [7, 11) is 2.16. The van der Waals surface area contributed by atoms with Crippen molar-refractivity contribution in [2.75, 3.05) is 20.1 Å². The van der Waals surface area contributed by atoms with Crippen LogP contribution in [0.25, 0.3) is 0 Å². The summed E-state index contributed by atoms with van der Waals surface area (Å²) in [6.45, 7) is 1.77. The Morgan fingerprint density at radius 3 is 2.75 bits per heavy atom. The number of likely N-dealkylation sites (tertiary alicyclic amines) is 1. The van der Waals surface area contributed by atoms with Gasteiger partial charge in [0.15, 0.2) is 34.8 Å². The number of ether oxygens (including phenoxy) is 1. The van der Waals surface area contributed by atoms with Crippen molar-refractivity contribution in [2.24, 2.45) is 5.92 Å². The zero-order valence-electron chi connectivity index (χ0n) is 15.8. The Morgan fingerprint density at radius 2 is 2.04 bits per heavy atom. The summed E-state index contributed by atoms with van der Waals surface area (Å²) in [4.78, 5) is 26.0. The van der Waals surface area contributed by atoms with Gasteiger partial charge in [0, 0.05) is 24.3 Å². The van der Waals surface area contributed by atoms with Gasteiger partial charge in [0.1, 0.15) is 6.04 Å². The molecule has 2 aliphatic heterocycles. The number of aromatic hydroxyl groups is 1. The lowest BCUT2D eigenvalue weighted by Gasteiger charge is -2.63. The van der Waals surface area contributed by atoms with Crippen LogP contribution in [-0.4, -0.2) is 64.1 Å². The van der Waals surface area contributed by atoms with E-state index in [4.69, 9.17) is 4.74 Å². The maximum Gasteiger partial charge on any atom is 0.189 e. The molecule has 2 bridgehead atoms. The van der Waals surface area contributed by atoms with E-state index >= 15 is 0 Å². The Hall–Kier alpha value is -1.44. The number of ketones is 2. The van der Waals surface area contributed by atoms with E-state index in [1.54, 1.807) is 6.07 Å². The number of benzene rings is 1. The van der Waals surface area contributed by atoms with E-state index in [2.05, 4.69) is 7.05 Å². The summed E-state index contributed by atoms with van der Waals surface area (Å²) in [6.07, 6.45) is 2.37. The lowest BCUT2D eigenvalue weighted by atomic mass is 9.48. The fourth-order valence-electron chi connectivity index (χ4n) is 6.76. The molecular formula is C21H24BrNO5. The van der Waals surface area contributed by atoms with Gasteiger partial charge in [-0.25, -0.2) is 0 Å². The van der Waals surface area contributed by atoms with Crippen LogP contribution in [0, 0.1) is 5.92 Å². The highest BCUT2D eigenvalue weighted by Crippen LogP contribution is 2.65. The number of rotatable bonds is 2. The second-order valence-corrected chi connectivity index (χ2v) is 9.55. The van der Waals surface area contributed by atoms with Gasteiger partial charge in [-0.3, -0.25) is 9.59 Å². The number of likely N-dealkylation sites (N-methyl/N-ethyl adjacent to an activating group) is 1. The maximum atomic E-state index is 13.2. The van der Waals surface area contributed by atoms with Crippen molar-refractivity contribution < 1.29 is 46.0 Å². The highest BCUT2D eigenvalue weighted by molar-refractivity contribution is 6.11. The van der Waals surface area contributed by atoms with Crippen LogP contribution >= 0.6 is 0 Å². The number of halogens is 1. The summed E-state index contributed by atoms with van der Waals surface area (Å²) in [5.41, 5.74) is -0.945. The van der Waals surface area contributed by atoms with Crippen molar-refractivity contribution in [3.8, 4) is 11.5 Å². The molecule has 7 heteroatoms. The summed E-state index contributed by atoms with van der Waals surface area (Å²) in [5.74, 6) is 0.319. The molecule has 5 atom stereocenters. The number of piperidine rings is 1. The van der Waals surface area contributed by atoms with Gasteiger partial charge in [-0.2, -0.15) is 0 Å². The molecule has 0 radical (unpaired) electrons. The fourth-order valence-corrected chi connectivity index (χ4v) is 6.76. The van der Waals surface area contributed by atoms with Crippen molar-refractivity contribution in [3.05, 3.63) is 23.3 Å². The molecule has 2 N–H and O–H groups in total. The number of Topliss-reactive ketones (excluding diaryl/α,β-unsaturated/α-hetero) is 2. The third-order valence-corrected chi connectivity index (χ3v) is 8.12. The number of phenolic OH excluding ortho intramolecular Hbond substituents is 1. The summed E-state index contributed by atoms with van der Waals surface area (Å²) in [6, 6.07) is 3.21. The lowest BCUT2D eigenvalue weighted by Crippen LogP contribution is -3.00. The van der Waals surface area contributed by atoms with E-state index in [1.807, 2.05) is 6.07 Å². The molecule has 1 saturated heterocycles. The van der Waals surface area contributed by atoms with Gasteiger partial charge in [0.25, 0.3) is 0 Å². The Labute approximate surface area is 173 Å². The predicted molar refractivity (Wildman–Crippen MR) is 94.5 cm³/mol. The van der Waals surface area contributed by atoms with Crippen LogP contribution in [0.15, 0.2) is 12.1 Å². The van der Waals surface area contributed by atoms with Gasteiger partial charge < -0.3 is 36.4 Å². The van der Waals surface area contributed by atoms with Crippen LogP contribution in [0.1, 0.15) is 36.8 Å². The number of phenols is 1. The molecule has 3 aliphatic carbocycles. The molecule has 5 aliphatic rings. The molecule has 6 nitrogen and oxygen atoms in total. The van der Waals surface area contributed by atoms with Crippen LogP contribution < -0.4 is 21.7 Å². The van der Waals surface area contributed by atoms with E-state index in [0.29, 0.717) is 34.6 Å². The first-order valence-corrected chi connectivity index (χ1v) is 9.96. The quantitative estimate of drug-likeness (QED) is 0.397. The Morgan fingerprint density at radius 1 is 1.29 bits per heavy atom. The standard InChI is InChI=1S/C21H23NO5.BrH/c1-22(10-11-2-3-11)7-6-20-17-12-4-5-13(23)18(17)27-19(20)14(24)9-16(25)21(20,26)15(22)8-12;/h4-5,11,15,19,26H,2-3,6-10H2,1H3;1H/t15-,19?,20+,21+,22-;/m1./s1. The molecule has 28 heavy (non-hydrogen) atoms. The molecule has 1 aromatic rings. The highest BCUT2D eigenvalue weighted by Gasteiger charge is 2.79. The van der Waals surface area contributed by atoms with Crippen molar-refractivity contribution in [1.82, 2.24) is 0 Å². The highest BCUT2D eigenvalue weighted by atomic mass is 79.9. The predicted octanol–water partition coefficient (Wildman–Crippen LogP) is -2.15. The van der Waals surface area contributed by atoms with Crippen molar-refractivity contribution in [1.29, 1.82) is 0 Å². The zero-order chi connectivity index (χ0) is 18.8. The second kappa shape index (κ2) is 5.37. The second-order valence-electron chi connectivity index (χ2n) is 9.55. The summed E-state index contributed by atoms with van der Waals surface area (Å²) >= 11 is 0. The number of carbonyl (C=O) groups is 2. The minimum atomic E-state index is -1.61. The van der Waals surface area contributed by atoms with E-state index in [0.717, 1.165) is 18.7 Å². The van der Waals surface area contributed by atoms with Gasteiger partial charge in [-0.15, -0.1) is 0 Å². The smallest absolute Gasteiger partial charge is 0.189 e. The number of aliphatic hydroxyl groups is 1. The monoisotopic (exact) mass is 449 g/mol. The Balaban J connectivity index is 0.00000171. The van der Waals surface area contributed by atoms with E-state index in [9.17, 15) is 19.8 Å². The van der Waals surface area contributed by atoms with Crippen molar-refractivity contribution in [2.45, 2.75) is 55.3 Å². The molecule has 2 heterocycles. The molecule has 1 spiro atoms. The normalized spacial score (nSPS) is 42.5. The molecule has 6 rings (SSSR count). The Bertz CT molecular complexity index is 930. The molecule has 1 unspecified atom stereocenters. The number of hydrogen-bond acceptors (Lipinski definition) is 5. The molecule has 150 valence electrons. The van der Waals surface area contributed by atoms with Crippen LogP contribution in [-0.2, 0) is 21.4 Å². The van der Waals surface area contributed by atoms with E-state index in [1.165, 1.54) is 12.8 Å². The molecule has 3 fully saturated rings. The van der Waals surface area contributed by atoms with Gasteiger partial charge in [0.05, 0.1) is 32.0 Å². The van der Waals surface area contributed by atoms with Crippen molar-refractivity contribution in [3.63, 3.8) is 0 Å². The van der Waals surface area contributed by atoms with Gasteiger partial charge in [0.2, 0.25) is 0 Å². The molecule has 0 aromatic heterocycles. The SMILES string of the molecule is C[N@+]1(CC2CC2)CC[C@]23c4c5ccc(O)c4OC2C(=O)CC(=O)[C@@]3(O)[C@H]1C5.[Br-]. The lowest BCUT2D eigenvalue weighted by molar-refractivity contribution is -0.948. The number of hydrogen-bond donors (Lipinski definition) is 2. The molecule has 2 saturated carbocycles. The topological polar surface area (TPSA) is 83.8 Å². The van der Waals surface area contributed by atoms with Gasteiger partial charge in [-0.05, 0) is 24.5 Å². The van der Waals surface area contributed by atoms with Crippen molar-refractivity contribution >= 4 is 11.6 Å². The molecule has 1 aromatic carbocycles. The van der Waals surface area contributed by atoms with Gasteiger partial charge in [-0.1, -0.05) is 6.07 Å². The van der Waals surface area contributed by atoms with Gasteiger partial charge >= 0.3 is 0 Å². The first-order valence-electron chi connectivity index (χ1n) is 9.96. The third-order valence-electron chi connectivity index (χ3n) is 8.12. The average Bonchev–Trinajstić information content (AvgIpc) is 3.34. The largest absolute Gasteiger partial charge is 1.00 e. The number of carbonyl (C=O) groups excluding carboxylic acids is 2. The molecule has 0 amide bonds. The first kappa shape index (κ1) is 18.6. The third kappa shape index (κ3) is 1.86. The van der Waals surface area contributed by atoms with Crippen LogP contribution in [0.4, 0.5) is 0 Å². The van der Waals surface area contributed by atoms with Crippen LogP contribution in [0.3, 0.4) is 0 Å². The first-order chi connectivity index (χ1) is 12.8. The van der Waals surface area contributed by atoms with Crippen LogP contribution in [0.2, 0.25) is 0 Å². The van der Waals surface area contributed by atoms with Crippen LogP contribution in [0.5, 0.6) is 11.5 Å². The summed E-state index contributed by atoms with van der Waals surface area (Å²) in [5, 5.41) is 22.4. The molecular weight excluding hydrogens is 426 g/mol. The maximum absolute atomic E-state index is 13.2. The Kier molecular flexibility index (Phi) is 3.57. The zero-order valence-corrected chi connectivity index (χ0v) is 17.4. The minimum Gasteiger partial charge on any atom is -1.00 e. The summed E-state index contributed by atoms with van der Waals surface area (Å²) < 4.78 is 6.65. The number of nitrogens with zero attached hydrogens (tertiary/aromatic N) is 1. The number of quaternary nitrogens is 1. The van der Waals surface area contributed by atoms with E-state index in [-0.39, 0.29) is 46.8 Å². The minimum absolute atomic E-state index is 0. The average molecular weight is 450 g/mol. The fraction of sp³-hybridized carbons (Fsp3) is 0.619.